The number of benzene rings is 1. The highest BCUT2D eigenvalue weighted by Crippen LogP contribution is 2.33. The number of rotatable bonds is 4. The Bertz CT molecular complexity index is 561. The molecular formula is C12H16BrNO4S. The number of hydrogen-bond acceptors (Lipinski definition) is 4. The molecule has 0 aromatic heterocycles. The summed E-state index contributed by atoms with van der Waals surface area (Å²) in [6.07, 6.45) is 0. The molecule has 0 saturated carbocycles. The second-order valence-corrected chi connectivity index (χ2v) is 6.98. The molecule has 1 aliphatic rings. The van der Waals surface area contributed by atoms with E-state index in [9.17, 15) is 8.42 Å². The Hall–Kier alpha value is -0.790. The van der Waals surface area contributed by atoms with Crippen molar-refractivity contribution in [2.45, 2.75) is 17.9 Å². The van der Waals surface area contributed by atoms with E-state index in [2.05, 4.69) is 15.9 Å². The van der Waals surface area contributed by atoms with Crippen molar-refractivity contribution in [2.75, 3.05) is 25.6 Å². The van der Waals surface area contributed by atoms with Crippen LogP contribution in [-0.2, 0) is 10.0 Å². The monoisotopic (exact) mass is 349 g/mol. The minimum Gasteiger partial charge on any atom is -0.486 e. The van der Waals surface area contributed by atoms with Crippen LogP contribution in [0, 0.1) is 0 Å². The number of alkyl halides is 1. The van der Waals surface area contributed by atoms with Gasteiger partial charge in [0.25, 0.3) is 0 Å². The molecule has 0 radical (unpaired) electrons. The predicted molar refractivity (Wildman–Crippen MR) is 75.6 cm³/mol. The summed E-state index contributed by atoms with van der Waals surface area (Å²) in [5, 5.41) is 0.577. The SMILES string of the molecule is CC(CBr)N(C)S(=O)(=O)c1ccc2c(c1)OCCO2. The molecule has 0 amide bonds. The van der Waals surface area contributed by atoms with Gasteiger partial charge in [-0.05, 0) is 19.1 Å². The Morgan fingerprint density at radius 1 is 1.32 bits per heavy atom. The summed E-state index contributed by atoms with van der Waals surface area (Å²) in [4.78, 5) is 0.215. The molecule has 106 valence electrons. The Kier molecular flexibility index (Phi) is 4.37. The summed E-state index contributed by atoms with van der Waals surface area (Å²) in [6, 6.07) is 4.56. The van der Waals surface area contributed by atoms with Crippen LogP contribution in [0.4, 0.5) is 0 Å². The zero-order chi connectivity index (χ0) is 14.0. The van der Waals surface area contributed by atoms with E-state index in [1.165, 1.54) is 10.4 Å². The summed E-state index contributed by atoms with van der Waals surface area (Å²) in [5.74, 6) is 1.06. The van der Waals surface area contributed by atoms with E-state index < -0.39 is 10.0 Å². The van der Waals surface area contributed by atoms with E-state index >= 15 is 0 Å². The average Bonchev–Trinajstić information content (AvgIpc) is 2.45. The van der Waals surface area contributed by atoms with E-state index in [0.29, 0.717) is 30.0 Å². The highest BCUT2D eigenvalue weighted by molar-refractivity contribution is 9.09. The van der Waals surface area contributed by atoms with E-state index in [-0.39, 0.29) is 10.9 Å². The maximum absolute atomic E-state index is 12.4. The minimum absolute atomic E-state index is 0.127. The Morgan fingerprint density at radius 3 is 2.58 bits per heavy atom. The van der Waals surface area contributed by atoms with E-state index in [4.69, 9.17) is 9.47 Å². The van der Waals surface area contributed by atoms with Gasteiger partial charge >= 0.3 is 0 Å². The molecule has 0 fully saturated rings. The normalized spacial score (nSPS) is 16.4. The largest absolute Gasteiger partial charge is 0.486 e. The summed E-state index contributed by atoms with van der Waals surface area (Å²) in [6.45, 7) is 2.76. The van der Waals surface area contributed by atoms with Crippen molar-refractivity contribution >= 4 is 26.0 Å². The van der Waals surface area contributed by atoms with Gasteiger partial charge in [-0.1, -0.05) is 15.9 Å². The summed E-state index contributed by atoms with van der Waals surface area (Å²) in [7, 11) is -1.95. The van der Waals surface area contributed by atoms with Crippen LogP contribution in [0.15, 0.2) is 23.1 Å². The van der Waals surface area contributed by atoms with Crippen molar-refractivity contribution in [3.63, 3.8) is 0 Å². The van der Waals surface area contributed by atoms with Crippen molar-refractivity contribution in [1.82, 2.24) is 4.31 Å². The highest BCUT2D eigenvalue weighted by Gasteiger charge is 2.26. The molecule has 7 heteroatoms. The van der Waals surface area contributed by atoms with Crippen molar-refractivity contribution < 1.29 is 17.9 Å². The Labute approximate surface area is 121 Å². The second kappa shape index (κ2) is 5.68. The molecule has 19 heavy (non-hydrogen) atoms. The van der Waals surface area contributed by atoms with E-state index in [1.807, 2.05) is 6.92 Å². The van der Waals surface area contributed by atoms with Gasteiger partial charge in [0.2, 0.25) is 10.0 Å². The van der Waals surface area contributed by atoms with Gasteiger partial charge in [-0.25, -0.2) is 8.42 Å². The number of sulfonamides is 1. The molecule has 0 spiro atoms. The lowest BCUT2D eigenvalue weighted by Crippen LogP contribution is -2.36. The molecule has 1 unspecified atom stereocenters. The van der Waals surface area contributed by atoms with Crippen LogP contribution < -0.4 is 9.47 Å². The Morgan fingerprint density at radius 2 is 1.95 bits per heavy atom. The number of fused-ring (bicyclic) bond motifs is 1. The first kappa shape index (κ1) is 14.6. The van der Waals surface area contributed by atoms with Gasteiger partial charge in [-0.2, -0.15) is 4.31 Å². The number of ether oxygens (including phenoxy) is 2. The molecule has 1 aromatic rings. The molecule has 0 N–H and O–H groups in total. The lowest BCUT2D eigenvalue weighted by atomic mass is 10.3. The lowest BCUT2D eigenvalue weighted by molar-refractivity contribution is 0.171. The smallest absolute Gasteiger partial charge is 0.243 e. The first-order valence-corrected chi connectivity index (χ1v) is 8.46. The van der Waals surface area contributed by atoms with Crippen LogP contribution in [0.5, 0.6) is 11.5 Å². The molecule has 2 rings (SSSR count). The molecule has 0 bridgehead atoms. The summed E-state index contributed by atoms with van der Waals surface area (Å²) in [5.41, 5.74) is 0. The zero-order valence-electron chi connectivity index (χ0n) is 10.8. The number of hydrogen-bond donors (Lipinski definition) is 0. The third kappa shape index (κ3) is 2.88. The van der Waals surface area contributed by atoms with E-state index in [1.54, 1.807) is 19.2 Å². The van der Waals surface area contributed by atoms with Crippen molar-refractivity contribution in [3.05, 3.63) is 18.2 Å². The van der Waals surface area contributed by atoms with Gasteiger partial charge in [0.15, 0.2) is 11.5 Å². The highest BCUT2D eigenvalue weighted by atomic mass is 79.9. The molecule has 5 nitrogen and oxygen atoms in total. The first-order valence-electron chi connectivity index (χ1n) is 5.90. The van der Waals surface area contributed by atoms with Gasteiger partial charge in [0, 0.05) is 24.5 Å². The van der Waals surface area contributed by atoms with Crippen LogP contribution in [0.25, 0.3) is 0 Å². The van der Waals surface area contributed by atoms with Crippen LogP contribution in [0.3, 0.4) is 0 Å². The van der Waals surface area contributed by atoms with Crippen LogP contribution in [0.1, 0.15) is 6.92 Å². The van der Waals surface area contributed by atoms with Gasteiger partial charge in [0.05, 0.1) is 4.90 Å². The first-order chi connectivity index (χ1) is 8.96. The predicted octanol–water partition coefficient (Wildman–Crippen LogP) is 1.86. The average molecular weight is 350 g/mol. The topological polar surface area (TPSA) is 55.8 Å². The van der Waals surface area contributed by atoms with Gasteiger partial charge in [-0.3, -0.25) is 0 Å². The molecule has 1 atom stereocenters. The minimum atomic E-state index is -3.52. The second-order valence-electron chi connectivity index (χ2n) is 4.33. The van der Waals surface area contributed by atoms with Crippen molar-refractivity contribution in [1.29, 1.82) is 0 Å². The fourth-order valence-electron chi connectivity index (χ4n) is 1.68. The van der Waals surface area contributed by atoms with Gasteiger partial charge in [0.1, 0.15) is 13.2 Å². The molecule has 0 aliphatic carbocycles. The molecule has 1 aromatic carbocycles. The van der Waals surface area contributed by atoms with Crippen LogP contribution in [-0.4, -0.2) is 44.4 Å². The fraction of sp³-hybridized carbons (Fsp3) is 0.500. The molecule has 0 saturated heterocycles. The molecular weight excluding hydrogens is 334 g/mol. The number of nitrogens with zero attached hydrogens (tertiary/aromatic N) is 1. The molecule has 1 heterocycles. The lowest BCUT2D eigenvalue weighted by Gasteiger charge is -2.24. The van der Waals surface area contributed by atoms with E-state index in [0.717, 1.165) is 0 Å². The zero-order valence-corrected chi connectivity index (χ0v) is 13.2. The van der Waals surface area contributed by atoms with Gasteiger partial charge < -0.3 is 9.47 Å². The van der Waals surface area contributed by atoms with Gasteiger partial charge in [-0.15, -0.1) is 0 Å². The quantitative estimate of drug-likeness (QED) is 0.778. The number of halogens is 1. The van der Waals surface area contributed by atoms with Crippen LogP contribution >= 0.6 is 15.9 Å². The maximum atomic E-state index is 12.4. The van der Waals surface area contributed by atoms with Crippen molar-refractivity contribution in [2.24, 2.45) is 0 Å². The van der Waals surface area contributed by atoms with Crippen molar-refractivity contribution in [3.8, 4) is 11.5 Å². The van der Waals surface area contributed by atoms with Crippen LogP contribution in [0.2, 0.25) is 0 Å². The Balaban J connectivity index is 2.36. The molecule has 1 aliphatic heterocycles. The summed E-state index contributed by atoms with van der Waals surface area (Å²) >= 11 is 3.29. The standard InChI is InChI=1S/C12H16BrNO4S/c1-9(8-13)14(2)19(15,16)10-3-4-11-12(7-10)18-6-5-17-11/h3-4,7,9H,5-6,8H2,1-2H3. The third-order valence-electron chi connectivity index (χ3n) is 3.03. The maximum Gasteiger partial charge on any atom is 0.243 e. The summed E-state index contributed by atoms with van der Waals surface area (Å²) < 4.78 is 37.0. The fourth-order valence-corrected chi connectivity index (χ4v) is 3.69. The third-order valence-corrected chi connectivity index (χ3v) is 5.94.